The van der Waals surface area contributed by atoms with Crippen LogP contribution in [-0.2, 0) is 15.0 Å². The van der Waals surface area contributed by atoms with E-state index >= 15 is 0 Å². The van der Waals surface area contributed by atoms with Gasteiger partial charge in [0.1, 0.15) is 0 Å². The van der Waals surface area contributed by atoms with Crippen LogP contribution >= 0.6 is 0 Å². The Hall–Kier alpha value is -0.204. The van der Waals surface area contributed by atoms with Crippen molar-refractivity contribution < 1.29 is 19.8 Å². The van der Waals surface area contributed by atoms with E-state index in [-0.39, 0.29) is 57.8 Å². The fraction of sp³-hybridized carbons (Fsp3) is 0.333. The molecule has 0 aliphatic carbocycles. The van der Waals surface area contributed by atoms with Crippen LogP contribution in [0.5, 0.6) is 0 Å². The maximum absolute atomic E-state index is 11.3. The summed E-state index contributed by atoms with van der Waals surface area (Å²) in [6.45, 7) is 1.77. The Morgan fingerprint density at radius 1 is 1.12 bits per heavy atom. The predicted molar refractivity (Wildman–Crippen MR) is 65.4 cm³/mol. The maximum atomic E-state index is 11.3. The van der Waals surface area contributed by atoms with E-state index in [1.54, 1.807) is 25.1 Å². The first-order chi connectivity index (χ1) is 7.55. The van der Waals surface area contributed by atoms with Crippen molar-refractivity contribution in [2.45, 2.75) is 25.2 Å². The zero-order chi connectivity index (χ0) is 12.2. The predicted octanol–water partition coefficient (Wildman–Crippen LogP) is 1.25. The van der Waals surface area contributed by atoms with Gasteiger partial charge in [0.25, 0.3) is 0 Å². The van der Waals surface area contributed by atoms with Gasteiger partial charge >= 0.3 is 63.3 Å². The van der Waals surface area contributed by atoms with Crippen LogP contribution in [0.25, 0.3) is 0 Å². The molecule has 0 fully saturated rings. The van der Waals surface area contributed by atoms with Gasteiger partial charge in [0, 0.05) is 0 Å². The van der Waals surface area contributed by atoms with Crippen molar-refractivity contribution in [3.63, 3.8) is 0 Å². The summed E-state index contributed by atoms with van der Waals surface area (Å²) >= 11 is 0. The van der Waals surface area contributed by atoms with E-state index in [9.17, 15) is 19.8 Å². The number of carbonyl (C=O) groups is 2. The van der Waals surface area contributed by atoms with Gasteiger partial charge in [0.2, 0.25) is 0 Å². The van der Waals surface area contributed by atoms with Crippen molar-refractivity contribution in [2.24, 2.45) is 0 Å². The molecule has 0 radical (unpaired) electrons. The van der Waals surface area contributed by atoms with Gasteiger partial charge in [-0.25, -0.2) is 0 Å². The number of aliphatic carboxylic acids is 2. The number of hydrogen-bond acceptors (Lipinski definition) is 2. The summed E-state index contributed by atoms with van der Waals surface area (Å²) in [5.41, 5.74) is -1.51. The number of carboxylic acids is 2. The van der Waals surface area contributed by atoms with Crippen molar-refractivity contribution >= 4 is 63.3 Å². The van der Waals surface area contributed by atoms with Gasteiger partial charge in [-0.05, 0) is 12.0 Å². The van der Waals surface area contributed by atoms with Crippen LogP contribution in [-0.4, -0.2) is 73.5 Å². The summed E-state index contributed by atoms with van der Waals surface area (Å²) in [6.07, 6.45) is 0.579. The van der Waals surface area contributed by atoms with Crippen molar-refractivity contribution in [3.05, 3.63) is 35.9 Å². The Morgan fingerprint density at radius 2 is 1.59 bits per heavy atom. The number of carboxylic acid groups (broad SMARTS) is 2. The summed E-state index contributed by atoms with van der Waals surface area (Å²) in [4.78, 5) is 22.5. The minimum absolute atomic E-state index is 0. The third-order valence-corrected chi connectivity index (χ3v) is 2.62. The summed E-state index contributed by atoms with van der Waals surface area (Å²) in [7, 11) is 0. The molecule has 0 aliphatic rings. The monoisotopic (exact) mass is 262 g/mol. The average Bonchev–Trinajstić information content (AvgIpc) is 2.26. The Morgan fingerprint density at radius 3 is 1.94 bits per heavy atom. The molecule has 0 heterocycles. The number of hydrogen-bond donors (Lipinski definition) is 2. The zero-order valence-corrected chi connectivity index (χ0v) is 9.01. The summed E-state index contributed by atoms with van der Waals surface area (Å²) in [6, 6.07) is 8.09. The standard InChI is InChI=1S/C12H14O4.K.H/c1-2-8-12(10(13)14,11(15)16)9-6-4-3-5-7-9;;/h3-7H,2,8H2,1H3,(H,13,14)(H,15,16);;. The van der Waals surface area contributed by atoms with E-state index in [1.807, 2.05) is 0 Å². The second-order valence-corrected chi connectivity index (χ2v) is 3.63. The molecule has 0 bridgehead atoms. The molecule has 0 amide bonds. The van der Waals surface area contributed by atoms with Gasteiger partial charge in [-0.15, -0.1) is 0 Å². The molecule has 17 heavy (non-hydrogen) atoms. The van der Waals surface area contributed by atoms with E-state index in [0.717, 1.165) is 0 Å². The van der Waals surface area contributed by atoms with Crippen molar-refractivity contribution in [1.82, 2.24) is 0 Å². The fourth-order valence-electron chi connectivity index (χ4n) is 1.79. The van der Waals surface area contributed by atoms with Crippen LogP contribution in [0.4, 0.5) is 0 Å². The van der Waals surface area contributed by atoms with E-state index in [0.29, 0.717) is 12.0 Å². The normalized spacial score (nSPS) is 10.4. The summed E-state index contributed by atoms with van der Waals surface area (Å²) < 4.78 is 0. The van der Waals surface area contributed by atoms with Gasteiger partial charge in [0.05, 0.1) is 0 Å². The zero-order valence-electron chi connectivity index (χ0n) is 9.01. The molecule has 5 heteroatoms. The third-order valence-electron chi connectivity index (χ3n) is 2.62. The van der Waals surface area contributed by atoms with Crippen LogP contribution in [0.2, 0.25) is 0 Å². The molecule has 1 rings (SSSR count). The van der Waals surface area contributed by atoms with E-state index in [2.05, 4.69) is 0 Å². The summed E-state index contributed by atoms with van der Waals surface area (Å²) in [5, 5.41) is 18.4. The van der Waals surface area contributed by atoms with Crippen LogP contribution in [0.3, 0.4) is 0 Å². The van der Waals surface area contributed by atoms with Gasteiger partial charge in [0.15, 0.2) is 5.41 Å². The molecule has 4 nitrogen and oxygen atoms in total. The molecular formula is C12H15KO4. The SMILES string of the molecule is CCCC(C(=O)O)(C(=O)O)c1ccccc1.[KH]. The van der Waals surface area contributed by atoms with Crippen molar-refractivity contribution in [2.75, 3.05) is 0 Å². The molecule has 0 saturated heterocycles. The molecule has 88 valence electrons. The van der Waals surface area contributed by atoms with Gasteiger partial charge in [-0.1, -0.05) is 43.7 Å². The first kappa shape index (κ1) is 16.8. The Labute approximate surface area is 142 Å². The second kappa shape index (κ2) is 7.28. The molecule has 0 aromatic heterocycles. The molecule has 0 saturated carbocycles. The first-order valence-electron chi connectivity index (χ1n) is 5.08. The minimum atomic E-state index is -1.82. The van der Waals surface area contributed by atoms with Gasteiger partial charge in [-0.3, -0.25) is 9.59 Å². The molecule has 0 spiro atoms. The molecular weight excluding hydrogens is 247 g/mol. The molecule has 0 atom stereocenters. The molecule has 1 aromatic rings. The Bertz CT molecular complexity index is 375. The topological polar surface area (TPSA) is 74.6 Å². The van der Waals surface area contributed by atoms with Gasteiger partial charge < -0.3 is 10.2 Å². The van der Waals surface area contributed by atoms with Crippen LogP contribution < -0.4 is 0 Å². The van der Waals surface area contributed by atoms with Crippen LogP contribution in [0.1, 0.15) is 25.3 Å². The molecule has 0 unspecified atom stereocenters. The first-order valence-corrected chi connectivity index (χ1v) is 5.08. The van der Waals surface area contributed by atoms with Crippen LogP contribution in [0, 0.1) is 0 Å². The third kappa shape index (κ3) is 3.39. The number of benzene rings is 1. The molecule has 1 aromatic carbocycles. The average molecular weight is 262 g/mol. The number of rotatable bonds is 5. The van der Waals surface area contributed by atoms with E-state index < -0.39 is 17.4 Å². The van der Waals surface area contributed by atoms with E-state index in [4.69, 9.17) is 0 Å². The Kier molecular flexibility index (Phi) is 7.19. The van der Waals surface area contributed by atoms with Crippen molar-refractivity contribution in [3.8, 4) is 0 Å². The van der Waals surface area contributed by atoms with E-state index in [1.165, 1.54) is 12.1 Å². The molecule has 2 N–H and O–H groups in total. The quantitative estimate of drug-likeness (QED) is 0.618. The molecule has 0 aliphatic heterocycles. The fourth-order valence-corrected chi connectivity index (χ4v) is 1.79. The Balaban J connectivity index is 0.00000256. The van der Waals surface area contributed by atoms with Gasteiger partial charge in [-0.2, -0.15) is 0 Å². The van der Waals surface area contributed by atoms with Crippen molar-refractivity contribution in [1.29, 1.82) is 0 Å². The van der Waals surface area contributed by atoms with Crippen LogP contribution in [0.15, 0.2) is 30.3 Å². The second-order valence-electron chi connectivity index (χ2n) is 3.63. The summed E-state index contributed by atoms with van der Waals surface area (Å²) in [5.74, 6) is -2.62.